The van der Waals surface area contributed by atoms with Gasteiger partial charge in [-0.25, -0.2) is 0 Å². The van der Waals surface area contributed by atoms with Gasteiger partial charge in [0.25, 0.3) is 0 Å². The van der Waals surface area contributed by atoms with Gasteiger partial charge in [0.1, 0.15) is 0 Å². The van der Waals surface area contributed by atoms with Gasteiger partial charge in [0.2, 0.25) is 5.91 Å². The Bertz CT molecular complexity index is 443. The van der Waals surface area contributed by atoms with Gasteiger partial charge < -0.3 is 15.7 Å². The fourth-order valence-electron chi connectivity index (χ4n) is 1.74. The average molecular weight is 264 g/mol. The molecule has 0 radical (unpaired) electrons. The van der Waals surface area contributed by atoms with Crippen LogP contribution < -0.4 is 5.73 Å². The summed E-state index contributed by atoms with van der Waals surface area (Å²) >= 11 is 0. The molecule has 0 aliphatic heterocycles. The van der Waals surface area contributed by atoms with Gasteiger partial charge in [0, 0.05) is 18.8 Å². The molecule has 1 atom stereocenters. The predicted molar refractivity (Wildman–Crippen MR) is 73.6 cm³/mol. The van der Waals surface area contributed by atoms with Gasteiger partial charge in [0.05, 0.1) is 12.3 Å². The van der Waals surface area contributed by atoms with Crippen LogP contribution in [0.25, 0.3) is 0 Å². The van der Waals surface area contributed by atoms with Gasteiger partial charge in [0.15, 0.2) is 0 Å². The van der Waals surface area contributed by atoms with E-state index in [1.165, 1.54) is 0 Å². The smallest absolute Gasteiger partial charge is 0.308 e. The molecule has 0 aliphatic rings. The number of rotatable bonds is 6. The summed E-state index contributed by atoms with van der Waals surface area (Å²) in [6, 6.07) is 7.11. The number of amides is 1. The van der Waals surface area contributed by atoms with Gasteiger partial charge >= 0.3 is 5.97 Å². The highest BCUT2D eigenvalue weighted by atomic mass is 16.4. The van der Waals surface area contributed by atoms with Crippen molar-refractivity contribution < 1.29 is 14.7 Å². The van der Waals surface area contributed by atoms with Crippen LogP contribution in [-0.2, 0) is 16.0 Å². The largest absolute Gasteiger partial charge is 0.481 e. The van der Waals surface area contributed by atoms with Crippen LogP contribution >= 0.6 is 0 Å². The van der Waals surface area contributed by atoms with Crippen molar-refractivity contribution in [2.24, 2.45) is 5.92 Å². The van der Waals surface area contributed by atoms with Crippen molar-refractivity contribution >= 4 is 17.6 Å². The van der Waals surface area contributed by atoms with Crippen molar-refractivity contribution in [2.75, 3.05) is 18.8 Å². The lowest BCUT2D eigenvalue weighted by Gasteiger charge is -2.23. The van der Waals surface area contributed by atoms with Gasteiger partial charge in [-0.1, -0.05) is 19.1 Å². The van der Waals surface area contributed by atoms with Gasteiger partial charge in [-0.3, -0.25) is 9.59 Å². The number of nitrogens with two attached hydrogens (primary N) is 1. The molecule has 1 rings (SSSR count). The Balaban J connectivity index is 2.63. The Hall–Kier alpha value is -2.04. The molecule has 0 bridgehead atoms. The number of nitrogens with zero attached hydrogens (tertiary/aromatic N) is 1. The molecule has 1 unspecified atom stereocenters. The molecule has 0 saturated carbocycles. The van der Waals surface area contributed by atoms with Crippen LogP contribution in [0.1, 0.15) is 19.4 Å². The van der Waals surface area contributed by atoms with E-state index in [0.29, 0.717) is 12.2 Å². The lowest BCUT2D eigenvalue weighted by atomic mass is 10.1. The number of nitrogen functional groups attached to an aromatic ring is 1. The number of aliphatic carboxylic acids is 1. The second-order valence-corrected chi connectivity index (χ2v) is 4.59. The van der Waals surface area contributed by atoms with Gasteiger partial charge in [-0.2, -0.15) is 0 Å². The number of hydrogen-bond acceptors (Lipinski definition) is 3. The fraction of sp³-hybridized carbons (Fsp3) is 0.429. The topological polar surface area (TPSA) is 83.6 Å². The molecule has 0 fully saturated rings. The van der Waals surface area contributed by atoms with E-state index in [1.807, 2.05) is 19.1 Å². The van der Waals surface area contributed by atoms with Crippen molar-refractivity contribution in [1.82, 2.24) is 4.90 Å². The van der Waals surface area contributed by atoms with E-state index >= 15 is 0 Å². The molecular formula is C14H20N2O3. The highest BCUT2D eigenvalue weighted by Gasteiger charge is 2.19. The number of carboxylic acid groups (broad SMARTS) is 1. The summed E-state index contributed by atoms with van der Waals surface area (Å²) in [5, 5.41) is 8.88. The van der Waals surface area contributed by atoms with Crippen molar-refractivity contribution in [3.63, 3.8) is 0 Å². The predicted octanol–water partition coefficient (Wildman–Crippen LogP) is 1.38. The number of carbonyl (C=O) groups is 2. The molecule has 0 heterocycles. The third kappa shape index (κ3) is 4.62. The van der Waals surface area contributed by atoms with Crippen molar-refractivity contribution in [3.05, 3.63) is 29.8 Å². The van der Waals surface area contributed by atoms with Crippen LogP contribution in [0.15, 0.2) is 24.3 Å². The summed E-state index contributed by atoms with van der Waals surface area (Å²) in [6.45, 7) is 4.18. The van der Waals surface area contributed by atoms with E-state index in [9.17, 15) is 9.59 Å². The summed E-state index contributed by atoms with van der Waals surface area (Å²) in [6.07, 6.45) is 0.264. The summed E-state index contributed by atoms with van der Waals surface area (Å²) in [4.78, 5) is 24.5. The second kappa shape index (κ2) is 6.78. The Labute approximate surface area is 113 Å². The van der Waals surface area contributed by atoms with E-state index in [0.717, 1.165) is 5.56 Å². The first kappa shape index (κ1) is 15.0. The molecule has 1 aromatic rings. The van der Waals surface area contributed by atoms with Crippen LogP contribution in [-0.4, -0.2) is 35.0 Å². The SMILES string of the molecule is CCN(CC(C)C(=O)O)C(=O)Cc1ccc(N)cc1. The molecule has 1 aromatic carbocycles. The normalized spacial score (nSPS) is 11.9. The third-order valence-electron chi connectivity index (χ3n) is 2.99. The second-order valence-electron chi connectivity index (χ2n) is 4.59. The lowest BCUT2D eigenvalue weighted by molar-refractivity contribution is -0.142. The van der Waals surface area contributed by atoms with Crippen LogP contribution in [0.4, 0.5) is 5.69 Å². The minimum atomic E-state index is -0.890. The van der Waals surface area contributed by atoms with E-state index in [1.54, 1.807) is 24.0 Å². The zero-order chi connectivity index (χ0) is 14.4. The minimum Gasteiger partial charge on any atom is -0.481 e. The molecule has 0 aromatic heterocycles. The van der Waals surface area contributed by atoms with Crippen LogP contribution in [0.2, 0.25) is 0 Å². The minimum absolute atomic E-state index is 0.0691. The molecule has 3 N–H and O–H groups in total. The summed E-state index contributed by atoms with van der Waals surface area (Å²) in [7, 11) is 0. The van der Waals surface area contributed by atoms with Crippen molar-refractivity contribution in [2.45, 2.75) is 20.3 Å². The fourth-order valence-corrected chi connectivity index (χ4v) is 1.74. The molecule has 0 saturated heterocycles. The van der Waals surface area contributed by atoms with E-state index in [4.69, 9.17) is 10.8 Å². The third-order valence-corrected chi connectivity index (χ3v) is 2.99. The number of likely N-dealkylation sites (N-methyl/N-ethyl adjacent to an activating group) is 1. The lowest BCUT2D eigenvalue weighted by Crippen LogP contribution is -2.37. The highest BCUT2D eigenvalue weighted by molar-refractivity contribution is 5.79. The number of hydrogen-bond donors (Lipinski definition) is 2. The van der Waals surface area contributed by atoms with Crippen molar-refractivity contribution in [1.29, 1.82) is 0 Å². The zero-order valence-corrected chi connectivity index (χ0v) is 11.3. The molecular weight excluding hydrogens is 244 g/mol. The number of carboxylic acids is 1. The molecule has 0 spiro atoms. The van der Waals surface area contributed by atoms with E-state index in [2.05, 4.69) is 0 Å². The quantitative estimate of drug-likeness (QED) is 0.760. The van der Waals surface area contributed by atoms with Crippen LogP contribution in [0, 0.1) is 5.92 Å². The average Bonchev–Trinajstić information content (AvgIpc) is 2.38. The van der Waals surface area contributed by atoms with Crippen molar-refractivity contribution in [3.8, 4) is 0 Å². The first-order valence-electron chi connectivity index (χ1n) is 6.29. The highest BCUT2D eigenvalue weighted by Crippen LogP contribution is 2.09. The maximum atomic E-state index is 12.1. The molecule has 1 amide bonds. The Morgan fingerprint density at radius 3 is 2.37 bits per heavy atom. The Morgan fingerprint density at radius 1 is 1.32 bits per heavy atom. The van der Waals surface area contributed by atoms with Crippen LogP contribution in [0.5, 0.6) is 0 Å². The molecule has 5 nitrogen and oxygen atoms in total. The Kier molecular flexibility index (Phi) is 5.36. The monoisotopic (exact) mass is 264 g/mol. The summed E-state index contributed by atoms with van der Waals surface area (Å²) < 4.78 is 0. The van der Waals surface area contributed by atoms with Gasteiger partial charge in [-0.05, 0) is 24.6 Å². The van der Waals surface area contributed by atoms with Gasteiger partial charge in [-0.15, -0.1) is 0 Å². The van der Waals surface area contributed by atoms with E-state index in [-0.39, 0.29) is 18.9 Å². The molecule has 0 aliphatic carbocycles. The maximum Gasteiger partial charge on any atom is 0.308 e. The number of benzene rings is 1. The number of anilines is 1. The first-order chi connectivity index (χ1) is 8.93. The van der Waals surface area contributed by atoms with E-state index < -0.39 is 11.9 Å². The van der Waals surface area contributed by atoms with Crippen LogP contribution in [0.3, 0.4) is 0 Å². The standard InChI is InChI=1S/C14H20N2O3/c1-3-16(9-10(2)14(18)19)13(17)8-11-4-6-12(15)7-5-11/h4-7,10H,3,8-9,15H2,1-2H3,(H,18,19). The summed E-state index contributed by atoms with van der Waals surface area (Å²) in [5.74, 6) is -1.52. The maximum absolute atomic E-state index is 12.1. The molecule has 5 heteroatoms. The molecule has 19 heavy (non-hydrogen) atoms. The first-order valence-corrected chi connectivity index (χ1v) is 6.29. The number of carbonyl (C=O) groups excluding carboxylic acids is 1. The molecule has 104 valence electrons. The zero-order valence-electron chi connectivity index (χ0n) is 11.3. The summed E-state index contributed by atoms with van der Waals surface area (Å²) in [5.41, 5.74) is 7.11. The Morgan fingerprint density at radius 2 is 1.89 bits per heavy atom.